The van der Waals surface area contributed by atoms with E-state index in [0.29, 0.717) is 33.7 Å². The molecule has 1 amide bonds. The van der Waals surface area contributed by atoms with E-state index in [1.165, 1.54) is 10.9 Å². The first kappa shape index (κ1) is 22.1. The Morgan fingerprint density at radius 2 is 1.75 bits per heavy atom. The first-order chi connectivity index (χ1) is 15.4. The summed E-state index contributed by atoms with van der Waals surface area (Å²) in [6.45, 7) is 3.89. The number of fused-ring (bicyclic) bond motifs is 1. The molecule has 0 atom stereocenters. The van der Waals surface area contributed by atoms with Gasteiger partial charge in [0.05, 0.1) is 23.8 Å². The zero-order valence-corrected chi connectivity index (χ0v) is 18.5. The fourth-order valence-electron chi connectivity index (χ4n) is 3.64. The van der Waals surface area contributed by atoms with Crippen molar-refractivity contribution in [3.63, 3.8) is 0 Å². The third-order valence-electron chi connectivity index (χ3n) is 5.55. The number of ketones is 1. The number of hydrogen-bond donors (Lipinski definition) is 1. The number of likely N-dealkylation sites (N-methyl/N-ethyl adjacent to an activating group) is 1. The summed E-state index contributed by atoms with van der Waals surface area (Å²) in [7, 11) is 2.08. The number of nitrogens with zero attached hydrogens (tertiary/aromatic N) is 4. The van der Waals surface area contributed by atoms with Crippen LogP contribution in [-0.4, -0.2) is 70.8 Å². The van der Waals surface area contributed by atoms with Crippen LogP contribution in [0, 0.1) is 0 Å². The number of hydrogen-bond acceptors (Lipinski definition) is 6. The van der Waals surface area contributed by atoms with Crippen molar-refractivity contribution >= 4 is 39.9 Å². The molecule has 2 heterocycles. The van der Waals surface area contributed by atoms with Gasteiger partial charge in [0.2, 0.25) is 5.91 Å². The number of halogens is 1. The monoisotopic (exact) mass is 453 g/mol. The Hall–Kier alpha value is -3.07. The summed E-state index contributed by atoms with van der Waals surface area (Å²) < 4.78 is 1.24. The van der Waals surface area contributed by atoms with Gasteiger partial charge in [0.15, 0.2) is 5.78 Å². The summed E-state index contributed by atoms with van der Waals surface area (Å²) in [4.78, 5) is 46.2. The van der Waals surface area contributed by atoms with E-state index in [1.807, 2.05) is 0 Å². The number of nitrogens with one attached hydrogen (secondary N) is 1. The third-order valence-corrected chi connectivity index (χ3v) is 5.79. The minimum absolute atomic E-state index is 0.0554. The van der Waals surface area contributed by atoms with Crippen molar-refractivity contribution in [3.05, 3.63) is 69.7 Å². The highest BCUT2D eigenvalue weighted by atomic mass is 35.5. The standard InChI is InChI=1S/C23H24ClN5O3/c1-27-8-10-28(11-9-27)13-21(30)16-2-5-18(6-3-16)26-22(31)14-29-15-25-20-7-4-17(24)12-19(20)23(29)32/h2-7,12,15H,8-11,13-14H2,1H3,(H,26,31). The molecule has 1 saturated heterocycles. The summed E-state index contributed by atoms with van der Waals surface area (Å²) in [6.07, 6.45) is 1.35. The molecule has 0 radical (unpaired) electrons. The van der Waals surface area contributed by atoms with Gasteiger partial charge in [0.25, 0.3) is 5.56 Å². The Bertz CT molecular complexity index is 1200. The van der Waals surface area contributed by atoms with Crippen LogP contribution in [-0.2, 0) is 11.3 Å². The quantitative estimate of drug-likeness (QED) is 0.575. The number of rotatable bonds is 6. The smallest absolute Gasteiger partial charge is 0.261 e. The van der Waals surface area contributed by atoms with Gasteiger partial charge < -0.3 is 10.2 Å². The molecular weight excluding hydrogens is 430 g/mol. The van der Waals surface area contributed by atoms with Crippen LogP contribution in [0.15, 0.2) is 53.6 Å². The molecule has 4 rings (SSSR count). The molecule has 0 unspecified atom stereocenters. The molecule has 8 nitrogen and oxygen atoms in total. The van der Waals surface area contributed by atoms with E-state index < -0.39 is 0 Å². The van der Waals surface area contributed by atoms with Crippen LogP contribution in [0.3, 0.4) is 0 Å². The molecule has 1 aliphatic heterocycles. The Labute approximate surface area is 190 Å². The van der Waals surface area contributed by atoms with Crippen LogP contribution in [0.4, 0.5) is 5.69 Å². The molecule has 166 valence electrons. The topological polar surface area (TPSA) is 87.5 Å². The minimum atomic E-state index is -0.369. The predicted molar refractivity (Wildman–Crippen MR) is 124 cm³/mol. The van der Waals surface area contributed by atoms with E-state index in [4.69, 9.17) is 11.6 Å². The summed E-state index contributed by atoms with van der Waals surface area (Å²) in [5, 5.41) is 3.54. The van der Waals surface area contributed by atoms with Crippen molar-refractivity contribution in [2.45, 2.75) is 6.54 Å². The van der Waals surface area contributed by atoms with Crippen molar-refractivity contribution in [1.82, 2.24) is 19.4 Å². The maximum atomic E-state index is 12.6. The average molecular weight is 454 g/mol. The summed E-state index contributed by atoms with van der Waals surface area (Å²) in [5.41, 5.74) is 1.34. The van der Waals surface area contributed by atoms with Gasteiger partial charge in [-0.05, 0) is 49.5 Å². The number of piperazine rings is 1. The van der Waals surface area contributed by atoms with E-state index in [0.717, 1.165) is 26.2 Å². The second-order valence-corrected chi connectivity index (χ2v) is 8.40. The summed E-state index contributed by atoms with van der Waals surface area (Å²) >= 11 is 5.97. The van der Waals surface area contributed by atoms with Crippen LogP contribution in [0.25, 0.3) is 10.9 Å². The van der Waals surface area contributed by atoms with Gasteiger partial charge in [-0.1, -0.05) is 11.6 Å². The maximum Gasteiger partial charge on any atom is 0.261 e. The van der Waals surface area contributed by atoms with Crippen LogP contribution >= 0.6 is 11.6 Å². The molecule has 32 heavy (non-hydrogen) atoms. The Morgan fingerprint density at radius 1 is 1.03 bits per heavy atom. The van der Waals surface area contributed by atoms with Gasteiger partial charge in [-0.25, -0.2) is 4.98 Å². The number of Topliss-reactive ketones (excluding diaryl/α,β-unsaturated/α-hetero) is 1. The fraction of sp³-hybridized carbons (Fsp3) is 0.304. The minimum Gasteiger partial charge on any atom is -0.325 e. The lowest BCUT2D eigenvalue weighted by Crippen LogP contribution is -2.46. The maximum absolute atomic E-state index is 12.6. The third kappa shape index (κ3) is 5.21. The molecule has 1 N–H and O–H groups in total. The van der Waals surface area contributed by atoms with Crippen molar-refractivity contribution in [2.24, 2.45) is 0 Å². The molecule has 3 aromatic rings. The van der Waals surface area contributed by atoms with Crippen LogP contribution in [0.2, 0.25) is 5.02 Å². The number of amides is 1. The highest BCUT2D eigenvalue weighted by Gasteiger charge is 2.17. The largest absolute Gasteiger partial charge is 0.325 e. The van der Waals surface area contributed by atoms with Gasteiger partial charge >= 0.3 is 0 Å². The van der Waals surface area contributed by atoms with Crippen molar-refractivity contribution in [1.29, 1.82) is 0 Å². The zero-order valence-electron chi connectivity index (χ0n) is 17.8. The molecule has 1 fully saturated rings. The summed E-state index contributed by atoms with van der Waals surface area (Å²) in [6, 6.07) is 11.7. The molecule has 1 aliphatic rings. The highest BCUT2D eigenvalue weighted by molar-refractivity contribution is 6.31. The average Bonchev–Trinajstić information content (AvgIpc) is 2.78. The first-order valence-electron chi connectivity index (χ1n) is 10.4. The van der Waals surface area contributed by atoms with E-state index >= 15 is 0 Å². The van der Waals surface area contributed by atoms with Gasteiger partial charge in [-0.15, -0.1) is 0 Å². The molecule has 1 aromatic heterocycles. The van der Waals surface area contributed by atoms with Crippen LogP contribution in [0.1, 0.15) is 10.4 Å². The van der Waals surface area contributed by atoms with Crippen molar-refractivity contribution < 1.29 is 9.59 Å². The fourth-order valence-corrected chi connectivity index (χ4v) is 3.81. The molecule has 0 aliphatic carbocycles. The normalized spacial score (nSPS) is 15.1. The van der Waals surface area contributed by atoms with Gasteiger partial charge in [-0.2, -0.15) is 0 Å². The van der Waals surface area contributed by atoms with E-state index in [1.54, 1.807) is 42.5 Å². The molecule has 0 spiro atoms. The Kier molecular flexibility index (Phi) is 6.64. The second kappa shape index (κ2) is 9.60. The van der Waals surface area contributed by atoms with Gasteiger partial charge in [0, 0.05) is 42.5 Å². The predicted octanol–water partition coefficient (Wildman–Crippen LogP) is 2.12. The van der Waals surface area contributed by atoms with Crippen molar-refractivity contribution in [2.75, 3.05) is 45.1 Å². The summed E-state index contributed by atoms with van der Waals surface area (Å²) in [5.74, 6) is -0.313. The molecule has 0 saturated carbocycles. The SMILES string of the molecule is CN1CCN(CC(=O)c2ccc(NC(=O)Cn3cnc4ccc(Cl)cc4c3=O)cc2)CC1. The van der Waals surface area contributed by atoms with Gasteiger partial charge in [0.1, 0.15) is 6.54 Å². The first-order valence-corrected chi connectivity index (χ1v) is 10.8. The Balaban J connectivity index is 1.37. The molecular formula is C23H24ClN5O3. The number of aromatic nitrogens is 2. The van der Waals surface area contributed by atoms with E-state index in [9.17, 15) is 14.4 Å². The molecule has 9 heteroatoms. The number of anilines is 1. The van der Waals surface area contributed by atoms with Crippen molar-refractivity contribution in [3.8, 4) is 0 Å². The lowest BCUT2D eigenvalue weighted by Gasteiger charge is -2.31. The molecule has 0 bridgehead atoms. The second-order valence-electron chi connectivity index (χ2n) is 7.97. The van der Waals surface area contributed by atoms with Crippen LogP contribution < -0.4 is 10.9 Å². The Morgan fingerprint density at radius 3 is 2.47 bits per heavy atom. The lowest BCUT2D eigenvalue weighted by atomic mass is 10.1. The van der Waals surface area contributed by atoms with Gasteiger partial charge in [-0.3, -0.25) is 23.9 Å². The number of benzene rings is 2. The zero-order chi connectivity index (χ0) is 22.7. The van der Waals surface area contributed by atoms with E-state index in [-0.39, 0.29) is 23.8 Å². The van der Waals surface area contributed by atoms with E-state index in [2.05, 4.69) is 27.1 Å². The lowest BCUT2D eigenvalue weighted by molar-refractivity contribution is -0.116. The number of carbonyl (C=O) groups is 2. The molecule has 2 aromatic carbocycles. The van der Waals surface area contributed by atoms with Crippen LogP contribution in [0.5, 0.6) is 0 Å². The highest BCUT2D eigenvalue weighted by Crippen LogP contribution is 2.14. The number of carbonyl (C=O) groups excluding carboxylic acids is 2.